The van der Waals surface area contributed by atoms with E-state index in [9.17, 15) is 4.39 Å². The summed E-state index contributed by atoms with van der Waals surface area (Å²) in [6.45, 7) is 4.94. The first kappa shape index (κ1) is 13.6. The molecule has 0 heterocycles. The number of halogens is 2. The minimum atomic E-state index is -0.229. The van der Waals surface area contributed by atoms with Crippen molar-refractivity contribution in [3.05, 3.63) is 46.8 Å². The van der Waals surface area contributed by atoms with Gasteiger partial charge in [-0.25, -0.2) is 4.39 Å². The lowest BCUT2D eigenvalue weighted by Gasteiger charge is -2.32. The molecule has 0 saturated carbocycles. The Hall–Kier alpha value is -0.860. The molecule has 0 aromatic heterocycles. The Kier molecular flexibility index (Phi) is 4.08. The van der Waals surface area contributed by atoms with Gasteiger partial charge in [0.05, 0.1) is 0 Å². The van der Waals surface area contributed by atoms with Crippen molar-refractivity contribution in [2.24, 2.45) is 0 Å². The lowest BCUT2D eigenvalue weighted by molar-refractivity contribution is 0.383. The third-order valence-electron chi connectivity index (χ3n) is 3.53. The Labute approximate surface area is 113 Å². The van der Waals surface area contributed by atoms with E-state index in [1.165, 1.54) is 6.07 Å². The predicted octanol–water partition coefficient (Wildman–Crippen LogP) is 4.06. The van der Waals surface area contributed by atoms with E-state index in [1.54, 1.807) is 12.1 Å². The van der Waals surface area contributed by atoms with Gasteiger partial charge in [-0.15, -0.1) is 0 Å². The van der Waals surface area contributed by atoms with Crippen LogP contribution in [-0.2, 0) is 5.41 Å². The fraction of sp³-hybridized carbons (Fsp3) is 0.467. The van der Waals surface area contributed by atoms with E-state index in [0.29, 0.717) is 16.6 Å². The van der Waals surface area contributed by atoms with Gasteiger partial charge in [0.15, 0.2) is 0 Å². The van der Waals surface area contributed by atoms with Crippen LogP contribution in [0, 0.1) is 5.82 Å². The largest absolute Gasteiger partial charge is 0.314 e. The van der Waals surface area contributed by atoms with Gasteiger partial charge in [0.1, 0.15) is 5.82 Å². The van der Waals surface area contributed by atoms with Crippen molar-refractivity contribution >= 4 is 11.6 Å². The molecule has 0 amide bonds. The van der Waals surface area contributed by atoms with E-state index in [0.717, 1.165) is 19.4 Å². The Bertz CT molecular complexity index is 426. The normalized spacial score (nSPS) is 17.6. The molecule has 1 N–H and O–H groups in total. The number of nitrogens with one attached hydrogen (secondary N) is 1. The summed E-state index contributed by atoms with van der Waals surface area (Å²) in [6, 6.07) is 5.31. The fourth-order valence-electron chi connectivity index (χ4n) is 2.54. The summed E-state index contributed by atoms with van der Waals surface area (Å²) in [6.07, 6.45) is 5.91. The van der Waals surface area contributed by atoms with Gasteiger partial charge >= 0.3 is 0 Å². The zero-order valence-electron chi connectivity index (χ0n) is 10.8. The molecule has 0 radical (unpaired) electrons. The quantitative estimate of drug-likeness (QED) is 0.811. The van der Waals surface area contributed by atoms with Crippen LogP contribution in [0.25, 0.3) is 0 Å². The molecule has 1 aliphatic rings. The molecule has 1 aromatic carbocycles. The fourth-order valence-corrected chi connectivity index (χ4v) is 2.91. The van der Waals surface area contributed by atoms with Gasteiger partial charge in [0.2, 0.25) is 0 Å². The van der Waals surface area contributed by atoms with E-state index < -0.39 is 0 Å². The van der Waals surface area contributed by atoms with Gasteiger partial charge in [0.25, 0.3) is 0 Å². The summed E-state index contributed by atoms with van der Waals surface area (Å²) in [5, 5.41) is 3.95. The maximum atomic E-state index is 14.1. The van der Waals surface area contributed by atoms with Crippen molar-refractivity contribution in [2.75, 3.05) is 6.54 Å². The van der Waals surface area contributed by atoms with Crippen molar-refractivity contribution in [3.63, 3.8) is 0 Å². The molecule has 0 bridgehead atoms. The zero-order chi connectivity index (χ0) is 13.2. The number of hydrogen-bond acceptors (Lipinski definition) is 1. The highest BCUT2D eigenvalue weighted by atomic mass is 35.5. The van der Waals surface area contributed by atoms with Crippen molar-refractivity contribution in [2.45, 2.75) is 38.1 Å². The molecule has 0 atom stereocenters. The molecule has 0 spiro atoms. The highest BCUT2D eigenvalue weighted by Gasteiger charge is 2.36. The van der Waals surface area contributed by atoms with Crippen LogP contribution in [0.3, 0.4) is 0 Å². The molecule has 0 unspecified atom stereocenters. The van der Waals surface area contributed by atoms with Gasteiger partial charge in [0, 0.05) is 28.6 Å². The number of hydrogen-bond donors (Lipinski definition) is 1. The van der Waals surface area contributed by atoms with Crippen LogP contribution in [0.15, 0.2) is 30.4 Å². The van der Waals surface area contributed by atoms with Crippen LogP contribution in [0.5, 0.6) is 0 Å². The second kappa shape index (κ2) is 5.41. The molecule has 1 aliphatic carbocycles. The van der Waals surface area contributed by atoms with Crippen LogP contribution >= 0.6 is 11.6 Å². The Morgan fingerprint density at radius 2 is 2.00 bits per heavy atom. The summed E-state index contributed by atoms with van der Waals surface area (Å²) in [4.78, 5) is 0. The highest BCUT2D eigenvalue weighted by molar-refractivity contribution is 6.31. The van der Waals surface area contributed by atoms with Gasteiger partial charge in [-0.3, -0.25) is 0 Å². The third-order valence-corrected chi connectivity index (χ3v) is 3.84. The summed E-state index contributed by atoms with van der Waals surface area (Å²) < 4.78 is 14.1. The maximum Gasteiger partial charge on any atom is 0.128 e. The number of benzene rings is 1. The zero-order valence-corrected chi connectivity index (χ0v) is 11.6. The minimum Gasteiger partial charge on any atom is -0.314 e. The minimum absolute atomic E-state index is 0.197. The van der Waals surface area contributed by atoms with Crippen molar-refractivity contribution < 1.29 is 4.39 Å². The lowest BCUT2D eigenvalue weighted by atomic mass is 9.77. The number of allylic oxidation sites excluding steroid dienone is 2. The van der Waals surface area contributed by atoms with Crippen LogP contribution < -0.4 is 5.32 Å². The first-order valence-corrected chi connectivity index (χ1v) is 6.76. The molecule has 1 aromatic rings. The average molecular weight is 268 g/mol. The first-order chi connectivity index (χ1) is 8.55. The average Bonchev–Trinajstić information content (AvgIpc) is 2.76. The topological polar surface area (TPSA) is 12.0 Å². The monoisotopic (exact) mass is 267 g/mol. The van der Waals surface area contributed by atoms with E-state index in [2.05, 4.69) is 31.3 Å². The summed E-state index contributed by atoms with van der Waals surface area (Å²) in [5.74, 6) is -0.197. The van der Waals surface area contributed by atoms with Gasteiger partial charge in [-0.1, -0.05) is 43.7 Å². The van der Waals surface area contributed by atoms with Gasteiger partial charge in [-0.05, 0) is 25.0 Å². The first-order valence-electron chi connectivity index (χ1n) is 6.38. The van der Waals surface area contributed by atoms with E-state index in [1.807, 2.05) is 0 Å². The Morgan fingerprint density at radius 3 is 2.56 bits per heavy atom. The van der Waals surface area contributed by atoms with Crippen LogP contribution in [0.4, 0.5) is 4.39 Å². The van der Waals surface area contributed by atoms with Crippen molar-refractivity contribution in [3.8, 4) is 0 Å². The number of rotatable bonds is 4. The standard InChI is InChI=1S/C15H19ClFN/c1-11(2)18-10-15(8-3-4-9-15)14-12(16)6-5-7-13(14)17/h3-7,11,18H,8-10H2,1-2H3. The molecule has 0 fully saturated rings. The lowest BCUT2D eigenvalue weighted by Crippen LogP contribution is -2.40. The molecule has 3 heteroatoms. The summed E-state index contributed by atoms with van der Waals surface area (Å²) in [5.41, 5.74) is 0.428. The smallest absolute Gasteiger partial charge is 0.128 e. The summed E-state index contributed by atoms with van der Waals surface area (Å²) >= 11 is 6.22. The molecule has 1 nitrogen and oxygen atoms in total. The molecular weight excluding hydrogens is 249 g/mol. The highest BCUT2D eigenvalue weighted by Crippen LogP contribution is 2.41. The molecule has 0 saturated heterocycles. The third kappa shape index (κ3) is 2.60. The second-order valence-corrected chi connectivity index (χ2v) is 5.70. The van der Waals surface area contributed by atoms with Crippen LogP contribution in [0.2, 0.25) is 5.02 Å². The Balaban J connectivity index is 2.35. The van der Waals surface area contributed by atoms with Gasteiger partial charge in [-0.2, -0.15) is 0 Å². The van der Waals surface area contributed by atoms with E-state index in [4.69, 9.17) is 11.6 Å². The molecule has 2 rings (SSSR count). The molecule has 18 heavy (non-hydrogen) atoms. The maximum absolute atomic E-state index is 14.1. The molecule has 0 aliphatic heterocycles. The Morgan fingerprint density at radius 1 is 1.33 bits per heavy atom. The van der Waals surface area contributed by atoms with Gasteiger partial charge < -0.3 is 5.32 Å². The second-order valence-electron chi connectivity index (χ2n) is 5.29. The van der Waals surface area contributed by atoms with Crippen LogP contribution in [-0.4, -0.2) is 12.6 Å². The molecule has 98 valence electrons. The summed E-state index contributed by atoms with van der Waals surface area (Å²) in [7, 11) is 0. The van der Waals surface area contributed by atoms with E-state index in [-0.39, 0.29) is 11.2 Å². The van der Waals surface area contributed by atoms with Crippen LogP contribution in [0.1, 0.15) is 32.3 Å². The molecular formula is C15H19ClFN. The van der Waals surface area contributed by atoms with Crippen molar-refractivity contribution in [1.82, 2.24) is 5.32 Å². The van der Waals surface area contributed by atoms with Crippen molar-refractivity contribution in [1.29, 1.82) is 0 Å². The van der Waals surface area contributed by atoms with E-state index >= 15 is 0 Å². The predicted molar refractivity (Wildman–Crippen MR) is 74.6 cm³/mol. The SMILES string of the molecule is CC(C)NCC1(c2c(F)cccc2Cl)CC=CC1.